The van der Waals surface area contributed by atoms with Crippen molar-refractivity contribution >= 4 is 11.8 Å². The molecule has 0 aliphatic carbocycles. The molecule has 0 saturated carbocycles. The first-order valence-electron chi connectivity index (χ1n) is 12.1. The van der Waals surface area contributed by atoms with E-state index in [2.05, 4.69) is 72.2 Å². The zero-order chi connectivity index (χ0) is 22.1. The molecule has 0 radical (unpaired) electrons. The van der Waals surface area contributed by atoms with Gasteiger partial charge in [0.2, 0.25) is 5.95 Å². The van der Waals surface area contributed by atoms with E-state index in [-0.39, 0.29) is 0 Å². The van der Waals surface area contributed by atoms with Crippen LogP contribution in [0, 0.1) is 5.92 Å². The molecular formula is C26H41N5. The van der Waals surface area contributed by atoms with Crippen molar-refractivity contribution in [2.75, 3.05) is 50.0 Å². The molecule has 0 amide bonds. The van der Waals surface area contributed by atoms with Crippen LogP contribution >= 0.6 is 0 Å². The first kappa shape index (κ1) is 23.5. The van der Waals surface area contributed by atoms with Crippen LogP contribution in [0.3, 0.4) is 0 Å². The van der Waals surface area contributed by atoms with Gasteiger partial charge < -0.3 is 15.1 Å². The highest BCUT2D eigenvalue weighted by atomic mass is 15.2. The molecule has 1 N–H and O–H groups in total. The third-order valence-corrected chi connectivity index (χ3v) is 6.20. The van der Waals surface area contributed by atoms with E-state index < -0.39 is 0 Å². The summed E-state index contributed by atoms with van der Waals surface area (Å²) in [5.74, 6) is 3.02. The first-order valence-corrected chi connectivity index (χ1v) is 12.1. The maximum atomic E-state index is 4.76. The highest BCUT2D eigenvalue weighted by Crippen LogP contribution is 2.18. The van der Waals surface area contributed by atoms with Crippen LogP contribution in [-0.4, -0.2) is 54.6 Å². The molecule has 3 rings (SSSR count). The summed E-state index contributed by atoms with van der Waals surface area (Å²) in [6, 6.07) is 11.2. The van der Waals surface area contributed by atoms with Crippen molar-refractivity contribution in [1.82, 2.24) is 14.9 Å². The predicted octanol–water partition coefficient (Wildman–Crippen LogP) is 5.20. The fraction of sp³-hybridized carbons (Fsp3) is 0.615. The molecule has 1 saturated heterocycles. The van der Waals surface area contributed by atoms with E-state index in [0.717, 1.165) is 50.9 Å². The van der Waals surface area contributed by atoms with E-state index in [1.165, 1.54) is 36.8 Å². The van der Waals surface area contributed by atoms with Gasteiger partial charge >= 0.3 is 0 Å². The summed E-state index contributed by atoms with van der Waals surface area (Å²) in [6.45, 7) is 12.0. The van der Waals surface area contributed by atoms with Crippen molar-refractivity contribution in [3.8, 4) is 0 Å². The van der Waals surface area contributed by atoms with Gasteiger partial charge in [-0.25, -0.2) is 4.98 Å². The summed E-state index contributed by atoms with van der Waals surface area (Å²) in [5, 5.41) is 3.42. The standard InChI is InChI=1S/C26H41N5/c1-21(2)24-11-9-23(10-12-24)19-22(3)20-30(4)18-15-28-26-27-14-13-25(29-26)31-16-7-5-6-8-17-31/h9-14,21-22H,5-8,15-20H2,1-4H3,(H,27,28,29). The molecule has 1 unspecified atom stereocenters. The lowest BCUT2D eigenvalue weighted by atomic mass is 9.97. The molecule has 1 aromatic heterocycles. The zero-order valence-corrected chi connectivity index (χ0v) is 20.0. The van der Waals surface area contributed by atoms with Gasteiger partial charge in [0.1, 0.15) is 5.82 Å². The second-order valence-electron chi connectivity index (χ2n) is 9.53. The summed E-state index contributed by atoms with van der Waals surface area (Å²) in [4.78, 5) is 14.0. The van der Waals surface area contributed by atoms with Crippen molar-refractivity contribution in [2.45, 2.75) is 58.8 Å². The average Bonchev–Trinajstić information content (AvgIpc) is 3.04. The predicted molar refractivity (Wildman–Crippen MR) is 132 cm³/mol. The van der Waals surface area contributed by atoms with Crippen LogP contribution in [0.4, 0.5) is 11.8 Å². The van der Waals surface area contributed by atoms with Crippen molar-refractivity contribution in [2.24, 2.45) is 5.92 Å². The maximum absolute atomic E-state index is 4.76. The van der Waals surface area contributed by atoms with Crippen LogP contribution in [0.15, 0.2) is 36.5 Å². The molecule has 2 heterocycles. The molecule has 0 bridgehead atoms. The van der Waals surface area contributed by atoms with Crippen molar-refractivity contribution in [1.29, 1.82) is 0 Å². The van der Waals surface area contributed by atoms with E-state index in [4.69, 9.17) is 4.98 Å². The van der Waals surface area contributed by atoms with Gasteiger partial charge in [-0.2, -0.15) is 4.98 Å². The highest BCUT2D eigenvalue weighted by Gasteiger charge is 2.12. The van der Waals surface area contributed by atoms with Crippen molar-refractivity contribution < 1.29 is 0 Å². The second-order valence-corrected chi connectivity index (χ2v) is 9.53. The lowest BCUT2D eigenvalue weighted by molar-refractivity contribution is 0.294. The van der Waals surface area contributed by atoms with E-state index in [9.17, 15) is 0 Å². The number of hydrogen-bond acceptors (Lipinski definition) is 5. The Morgan fingerprint density at radius 2 is 1.71 bits per heavy atom. The lowest BCUT2D eigenvalue weighted by Gasteiger charge is -2.23. The fourth-order valence-corrected chi connectivity index (χ4v) is 4.40. The van der Waals surface area contributed by atoms with Crippen LogP contribution in [0.2, 0.25) is 0 Å². The summed E-state index contributed by atoms with van der Waals surface area (Å²) in [5.41, 5.74) is 2.85. The Morgan fingerprint density at radius 1 is 1.00 bits per heavy atom. The minimum atomic E-state index is 0.596. The molecule has 1 aliphatic rings. The van der Waals surface area contributed by atoms with Crippen molar-refractivity contribution in [3.05, 3.63) is 47.7 Å². The minimum absolute atomic E-state index is 0.596. The largest absolute Gasteiger partial charge is 0.356 e. The smallest absolute Gasteiger partial charge is 0.224 e. The molecule has 1 aromatic carbocycles. The third-order valence-electron chi connectivity index (χ3n) is 6.20. The molecule has 1 atom stereocenters. The second kappa shape index (κ2) is 12.0. The maximum Gasteiger partial charge on any atom is 0.224 e. The topological polar surface area (TPSA) is 44.3 Å². The SMILES string of the molecule is CC(Cc1ccc(C(C)C)cc1)CN(C)CCNc1nccc(N2CCCCCC2)n1. The van der Waals surface area contributed by atoms with Gasteiger partial charge in [-0.1, -0.05) is 57.9 Å². The summed E-state index contributed by atoms with van der Waals surface area (Å²) < 4.78 is 0. The Kier molecular flexibility index (Phi) is 9.13. The molecule has 170 valence electrons. The van der Waals surface area contributed by atoms with E-state index in [0.29, 0.717) is 11.8 Å². The number of likely N-dealkylation sites (N-methyl/N-ethyl adjacent to an activating group) is 1. The molecule has 31 heavy (non-hydrogen) atoms. The summed E-state index contributed by atoms with van der Waals surface area (Å²) in [6.07, 6.45) is 8.19. The fourth-order valence-electron chi connectivity index (χ4n) is 4.40. The van der Waals surface area contributed by atoms with Crippen LogP contribution < -0.4 is 10.2 Å². The van der Waals surface area contributed by atoms with Crippen LogP contribution in [0.25, 0.3) is 0 Å². The first-order chi connectivity index (χ1) is 15.0. The van der Waals surface area contributed by atoms with Gasteiger partial charge in [0.25, 0.3) is 0 Å². The van der Waals surface area contributed by atoms with E-state index >= 15 is 0 Å². The Labute approximate surface area is 189 Å². The summed E-state index contributed by atoms with van der Waals surface area (Å²) >= 11 is 0. The normalized spacial score (nSPS) is 15.9. The molecular weight excluding hydrogens is 382 g/mol. The zero-order valence-electron chi connectivity index (χ0n) is 20.0. The Bertz CT molecular complexity index is 766. The molecule has 1 fully saturated rings. The number of benzene rings is 1. The molecule has 5 heteroatoms. The highest BCUT2D eigenvalue weighted by molar-refractivity contribution is 5.42. The van der Waals surface area contributed by atoms with Gasteiger partial charge in [0.05, 0.1) is 0 Å². The molecule has 5 nitrogen and oxygen atoms in total. The molecule has 0 spiro atoms. The molecule has 1 aliphatic heterocycles. The van der Waals surface area contributed by atoms with Crippen LogP contribution in [0.5, 0.6) is 0 Å². The Hall–Kier alpha value is -2.14. The number of aromatic nitrogens is 2. The summed E-state index contributed by atoms with van der Waals surface area (Å²) in [7, 11) is 2.20. The van der Waals surface area contributed by atoms with E-state index in [1.807, 2.05) is 12.3 Å². The lowest BCUT2D eigenvalue weighted by Crippen LogP contribution is -2.30. The van der Waals surface area contributed by atoms with Gasteiger partial charge in [-0.15, -0.1) is 0 Å². The number of hydrogen-bond donors (Lipinski definition) is 1. The molecule has 2 aromatic rings. The Balaban J connectivity index is 1.40. The quantitative estimate of drug-likeness (QED) is 0.569. The monoisotopic (exact) mass is 423 g/mol. The number of anilines is 2. The van der Waals surface area contributed by atoms with Crippen LogP contribution in [0.1, 0.15) is 63.5 Å². The van der Waals surface area contributed by atoms with Gasteiger partial charge in [-0.3, -0.25) is 0 Å². The third kappa shape index (κ3) is 7.80. The van der Waals surface area contributed by atoms with E-state index in [1.54, 1.807) is 0 Å². The number of nitrogens with zero attached hydrogens (tertiary/aromatic N) is 4. The van der Waals surface area contributed by atoms with Crippen molar-refractivity contribution in [3.63, 3.8) is 0 Å². The van der Waals surface area contributed by atoms with Gasteiger partial charge in [0, 0.05) is 38.9 Å². The van der Waals surface area contributed by atoms with Crippen LogP contribution in [-0.2, 0) is 6.42 Å². The number of nitrogens with one attached hydrogen (secondary N) is 1. The number of rotatable bonds is 10. The van der Waals surface area contributed by atoms with Gasteiger partial charge in [-0.05, 0) is 55.3 Å². The van der Waals surface area contributed by atoms with Gasteiger partial charge in [0.15, 0.2) is 0 Å². The minimum Gasteiger partial charge on any atom is -0.356 e. The Morgan fingerprint density at radius 3 is 2.39 bits per heavy atom. The average molecular weight is 424 g/mol.